The minimum Gasteiger partial charge on any atom is -0.367 e. The molecule has 180 valence electrons. The second kappa shape index (κ2) is 11.1. The van der Waals surface area contributed by atoms with Crippen molar-refractivity contribution in [1.29, 1.82) is 0 Å². The van der Waals surface area contributed by atoms with Crippen LogP contribution in [0.1, 0.15) is 23.2 Å². The van der Waals surface area contributed by atoms with Gasteiger partial charge in [0.1, 0.15) is 12.4 Å². The normalized spacial score (nSPS) is 13.8. The Labute approximate surface area is 210 Å². The first-order chi connectivity index (χ1) is 16.7. The van der Waals surface area contributed by atoms with Crippen LogP contribution in [-0.2, 0) is 4.79 Å². The highest BCUT2D eigenvalue weighted by Crippen LogP contribution is 2.21. The van der Waals surface area contributed by atoms with Gasteiger partial charge in [0.25, 0.3) is 5.91 Å². The van der Waals surface area contributed by atoms with Crippen LogP contribution in [0.2, 0.25) is 0 Å². The molecule has 2 aromatic carbocycles. The molecule has 0 atom stereocenters. The average molecular weight is 490 g/mol. The van der Waals surface area contributed by atoms with E-state index in [-0.39, 0.29) is 36.8 Å². The molecule has 2 N–H and O–H groups in total. The predicted octanol–water partition coefficient (Wildman–Crippen LogP) is 4.73. The smallest absolute Gasteiger partial charge is 0.258 e. The van der Waals surface area contributed by atoms with Gasteiger partial charge in [-0.3, -0.25) is 14.5 Å². The van der Waals surface area contributed by atoms with Crippen LogP contribution in [0, 0.1) is 0 Å². The number of nitrogens with one attached hydrogen (secondary N) is 2. The number of piperidine rings is 1. The highest BCUT2D eigenvalue weighted by atomic mass is 35.5. The summed E-state index contributed by atoms with van der Waals surface area (Å²) in [6.07, 6.45) is 5.30. The van der Waals surface area contributed by atoms with E-state index in [0.29, 0.717) is 24.3 Å². The molecular weight excluding hydrogens is 462 g/mol. The summed E-state index contributed by atoms with van der Waals surface area (Å²) < 4.78 is 0. The minimum absolute atomic E-state index is 0. The van der Waals surface area contributed by atoms with E-state index in [1.54, 1.807) is 11.1 Å². The van der Waals surface area contributed by atoms with Gasteiger partial charge in [-0.1, -0.05) is 30.3 Å². The van der Waals surface area contributed by atoms with Gasteiger partial charge >= 0.3 is 0 Å². The molecule has 1 aliphatic rings. The minimum atomic E-state index is -0.192. The number of hydrogen-bond acceptors (Lipinski definition) is 4. The topological polar surface area (TPSA) is 81.3 Å². The second-order valence-electron chi connectivity index (χ2n) is 8.52. The van der Waals surface area contributed by atoms with Gasteiger partial charge < -0.3 is 15.2 Å². The van der Waals surface area contributed by atoms with Crippen molar-refractivity contribution >= 4 is 46.6 Å². The fraction of sp³-hybridized carbons (Fsp3) is 0.222. The Hall–Kier alpha value is -3.84. The van der Waals surface area contributed by atoms with Gasteiger partial charge in [-0.15, -0.1) is 12.4 Å². The fourth-order valence-electron chi connectivity index (χ4n) is 4.39. The quantitative estimate of drug-likeness (QED) is 0.410. The number of rotatable bonds is 6. The number of H-pyrrole nitrogens is 1. The lowest BCUT2D eigenvalue weighted by atomic mass is 10.0. The molecule has 4 aromatic rings. The zero-order chi connectivity index (χ0) is 23.3. The number of halogens is 1. The van der Waals surface area contributed by atoms with E-state index in [0.717, 1.165) is 29.6 Å². The number of aromatic amines is 1. The predicted molar refractivity (Wildman–Crippen MR) is 141 cm³/mol. The van der Waals surface area contributed by atoms with Crippen LogP contribution in [0.15, 0.2) is 85.2 Å². The summed E-state index contributed by atoms with van der Waals surface area (Å²) in [6.45, 7) is 1.30. The monoisotopic (exact) mass is 489 g/mol. The van der Waals surface area contributed by atoms with Crippen LogP contribution in [0.5, 0.6) is 0 Å². The van der Waals surface area contributed by atoms with Gasteiger partial charge in [0.05, 0.1) is 0 Å². The van der Waals surface area contributed by atoms with Gasteiger partial charge in [0.2, 0.25) is 5.91 Å². The molecule has 7 nitrogen and oxygen atoms in total. The maximum atomic E-state index is 13.5. The first-order valence-electron chi connectivity index (χ1n) is 11.6. The number of amides is 2. The van der Waals surface area contributed by atoms with Crippen LogP contribution >= 0.6 is 12.4 Å². The van der Waals surface area contributed by atoms with Crippen molar-refractivity contribution in [3.63, 3.8) is 0 Å². The molecule has 1 aliphatic heterocycles. The molecule has 2 amide bonds. The van der Waals surface area contributed by atoms with E-state index in [2.05, 4.69) is 15.3 Å². The van der Waals surface area contributed by atoms with Crippen LogP contribution in [0.4, 0.5) is 11.5 Å². The summed E-state index contributed by atoms with van der Waals surface area (Å²) in [5.74, 6) is 0.615. The average Bonchev–Trinajstić information content (AvgIpc) is 3.36. The Kier molecular flexibility index (Phi) is 7.67. The van der Waals surface area contributed by atoms with Crippen LogP contribution in [0.3, 0.4) is 0 Å². The summed E-state index contributed by atoms with van der Waals surface area (Å²) in [4.78, 5) is 37.7. The third-order valence-corrected chi connectivity index (χ3v) is 6.27. The summed E-state index contributed by atoms with van der Waals surface area (Å²) in [5.41, 5.74) is 2.15. The van der Waals surface area contributed by atoms with Crippen molar-refractivity contribution in [2.45, 2.75) is 18.9 Å². The van der Waals surface area contributed by atoms with E-state index < -0.39 is 0 Å². The van der Waals surface area contributed by atoms with Crippen molar-refractivity contribution in [3.05, 3.63) is 90.8 Å². The Morgan fingerprint density at radius 1 is 1.00 bits per heavy atom. The number of benzene rings is 2. The number of fused-ring (bicyclic) bond motifs is 1. The number of para-hydroxylation sites is 1. The highest BCUT2D eigenvalue weighted by molar-refractivity contribution is 6.10. The number of anilines is 2. The molecule has 8 heteroatoms. The van der Waals surface area contributed by atoms with Crippen LogP contribution in [0.25, 0.3) is 10.9 Å². The molecule has 1 fully saturated rings. The molecule has 0 unspecified atom stereocenters. The molecule has 0 saturated carbocycles. The van der Waals surface area contributed by atoms with Gasteiger partial charge in [-0.25, -0.2) is 4.98 Å². The summed E-state index contributed by atoms with van der Waals surface area (Å²) >= 11 is 0. The first-order valence-corrected chi connectivity index (χ1v) is 11.6. The lowest BCUT2D eigenvalue weighted by molar-refractivity contribution is -0.130. The maximum Gasteiger partial charge on any atom is 0.258 e. The largest absolute Gasteiger partial charge is 0.367 e. The third kappa shape index (κ3) is 5.63. The summed E-state index contributed by atoms with van der Waals surface area (Å²) in [6, 6.07) is 23.0. The van der Waals surface area contributed by atoms with Gasteiger partial charge in [0, 0.05) is 48.3 Å². The molecule has 0 spiro atoms. The number of aromatic nitrogens is 2. The molecule has 3 heterocycles. The van der Waals surface area contributed by atoms with Crippen LogP contribution < -0.4 is 10.2 Å². The number of likely N-dealkylation sites (tertiary alicyclic amines) is 1. The van der Waals surface area contributed by atoms with Crippen molar-refractivity contribution in [1.82, 2.24) is 14.9 Å². The van der Waals surface area contributed by atoms with Gasteiger partial charge in [-0.05, 0) is 60.7 Å². The highest BCUT2D eigenvalue weighted by Gasteiger charge is 2.27. The van der Waals surface area contributed by atoms with Crippen molar-refractivity contribution in [2.24, 2.45) is 0 Å². The van der Waals surface area contributed by atoms with E-state index in [1.807, 2.05) is 83.9 Å². The second-order valence-corrected chi connectivity index (χ2v) is 8.52. The van der Waals surface area contributed by atoms with E-state index in [9.17, 15) is 9.59 Å². The summed E-state index contributed by atoms with van der Waals surface area (Å²) in [7, 11) is 0. The Morgan fingerprint density at radius 3 is 2.51 bits per heavy atom. The lowest BCUT2D eigenvalue weighted by Crippen LogP contribution is -2.47. The molecule has 5 rings (SSSR count). The molecule has 0 bridgehead atoms. The molecule has 35 heavy (non-hydrogen) atoms. The number of hydrogen-bond donors (Lipinski definition) is 2. The molecule has 0 radical (unpaired) electrons. The third-order valence-electron chi connectivity index (χ3n) is 6.27. The fourth-order valence-corrected chi connectivity index (χ4v) is 4.39. The van der Waals surface area contributed by atoms with Crippen molar-refractivity contribution in [2.75, 3.05) is 29.9 Å². The molecule has 1 saturated heterocycles. The number of pyridine rings is 1. The Balaban J connectivity index is 0.00000289. The number of carbonyl (C=O) groups is 2. The Bertz CT molecular complexity index is 1270. The maximum absolute atomic E-state index is 13.5. The lowest BCUT2D eigenvalue weighted by Gasteiger charge is -2.34. The van der Waals surface area contributed by atoms with Crippen LogP contribution in [-0.4, -0.2) is 52.4 Å². The zero-order valence-electron chi connectivity index (χ0n) is 19.3. The Morgan fingerprint density at radius 2 is 1.77 bits per heavy atom. The van der Waals surface area contributed by atoms with Gasteiger partial charge in [-0.2, -0.15) is 0 Å². The van der Waals surface area contributed by atoms with Crippen molar-refractivity contribution in [3.8, 4) is 0 Å². The SMILES string of the molecule is Cl.O=C(CN(C(=O)c1ccc2cc[nH]c2c1)c1ccccc1)N1CCC(Nc2ccccn2)CC1. The summed E-state index contributed by atoms with van der Waals surface area (Å²) in [5, 5.41) is 4.49. The molecular formula is C27H28ClN5O2. The van der Waals surface area contributed by atoms with Crippen molar-refractivity contribution < 1.29 is 9.59 Å². The zero-order valence-corrected chi connectivity index (χ0v) is 20.1. The number of nitrogens with zero attached hydrogens (tertiary/aromatic N) is 3. The number of carbonyl (C=O) groups excluding carboxylic acids is 2. The van der Waals surface area contributed by atoms with Gasteiger partial charge in [0.15, 0.2) is 0 Å². The van der Waals surface area contributed by atoms with E-state index in [4.69, 9.17) is 0 Å². The van der Waals surface area contributed by atoms with E-state index >= 15 is 0 Å². The standard InChI is InChI=1S/C27H27N5O2.ClH/c33-26(31-16-12-22(13-17-31)30-25-8-4-5-14-29-25)19-32(23-6-2-1-3-7-23)27(34)21-10-9-20-11-15-28-24(20)18-21;/h1-11,14-15,18,22,28H,12-13,16-17,19H2,(H,29,30);1H. The molecule has 2 aromatic heterocycles. The van der Waals surface area contributed by atoms with E-state index in [1.165, 1.54) is 0 Å². The molecule has 0 aliphatic carbocycles. The first kappa shape index (κ1) is 24.3.